The standard InChI is InChI=1S/C23H35NO3/c1-5-24-11-21(3)8-7-16(27-4)23-15(21)10-14(19(23)24)22-9-6-13(12(2)20(22)26)17(25)18(22)23/h13-20,25-26H,2,5-11H2,1,3-4H3/t13-,14+,15-,16+,17+,18-,19-,20-,21+,22+,23?/m1/s1. The number of aliphatic hydroxyl groups excluding tert-OH is 2. The molecule has 7 bridgehead atoms. The summed E-state index contributed by atoms with van der Waals surface area (Å²) in [5.41, 5.74) is 1.05. The van der Waals surface area contributed by atoms with Crippen LogP contribution >= 0.6 is 0 Å². The van der Waals surface area contributed by atoms with Gasteiger partial charge in [-0.15, -0.1) is 0 Å². The highest BCUT2D eigenvalue weighted by molar-refractivity contribution is 5.39. The van der Waals surface area contributed by atoms with Gasteiger partial charge in [0.15, 0.2) is 0 Å². The zero-order valence-corrected chi connectivity index (χ0v) is 17.0. The van der Waals surface area contributed by atoms with Crippen molar-refractivity contribution >= 4 is 0 Å². The Bertz CT molecular complexity index is 710. The monoisotopic (exact) mass is 373 g/mol. The lowest BCUT2D eigenvalue weighted by molar-refractivity contribution is -0.260. The first-order chi connectivity index (χ1) is 12.9. The number of likely N-dealkylation sites (tertiary alicyclic amines) is 1. The van der Waals surface area contributed by atoms with Crippen molar-refractivity contribution in [1.82, 2.24) is 4.90 Å². The summed E-state index contributed by atoms with van der Waals surface area (Å²) in [5, 5.41) is 23.1. The Hall–Kier alpha value is -0.420. The predicted octanol–water partition coefficient (Wildman–Crippen LogP) is 2.45. The molecular formula is C23H35NO3. The normalized spacial score (nSPS) is 63.5. The molecule has 7 rings (SSSR count). The summed E-state index contributed by atoms with van der Waals surface area (Å²) < 4.78 is 6.24. The van der Waals surface area contributed by atoms with E-state index in [0.717, 1.165) is 31.4 Å². The Balaban J connectivity index is 1.63. The van der Waals surface area contributed by atoms with Crippen LogP contribution in [0.2, 0.25) is 0 Å². The fraction of sp³-hybridized carbons (Fsp3) is 0.913. The number of aliphatic hydroxyl groups is 2. The maximum absolute atomic E-state index is 11.6. The second-order valence-corrected chi connectivity index (χ2v) is 11.0. The molecule has 7 fully saturated rings. The average molecular weight is 374 g/mol. The number of fused-ring (bicyclic) bond motifs is 2. The first-order valence-corrected chi connectivity index (χ1v) is 11.2. The molecule has 1 heterocycles. The van der Waals surface area contributed by atoms with Crippen LogP contribution in [0.25, 0.3) is 0 Å². The van der Waals surface area contributed by atoms with E-state index in [9.17, 15) is 10.2 Å². The molecule has 1 unspecified atom stereocenters. The molecule has 0 aromatic rings. The Morgan fingerprint density at radius 2 is 2.04 bits per heavy atom. The number of piperidine rings is 1. The molecule has 7 aliphatic rings. The number of rotatable bonds is 2. The van der Waals surface area contributed by atoms with Gasteiger partial charge in [-0.3, -0.25) is 4.90 Å². The molecule has 2 spiro atoms. The molecule has 27 heavy (non-hydrogen) atoms. The lowest BCUT2D eigenvalue weighted by atomic mass is 9.38. The van der Waals surface area contributed by atoms with Crippen molar-refractivity contribution in [3.05, 3.63) is 12.2 Å². The number of methoxy groups -OCH3 is 1. The van der Waals surface area contributed by atoms with Crippen LogP contribution in [0.5, 0.6) is 0 Å². The molecule has 4 heteroatoms. The highest BCUT2D eigenvalue weighted by atomic mass is 16.5. The quantitative estimate of drug-likeness (QED) is 0.730. The van der Waals surface area contributed by atoms with Gasteiger partial charge in [0.1, 0.15) is 0 Å². The van der Waals surface area contributed by atoms with Crippen LogP contribution < -0.4 is 0 Å². The van der Waals surface area contributed by atoms with E-state index in [0.29, 0.717) is 23.3 Å². The van der Waals surface area contributed by atoms with Gasteiger partial charge in [0.05, 0.1) is 18.3 Å². The van der Waals surface area contributed by atoms with Gasteiger partial charge in [0.25, 0.3) is 0 Å². The fourth-order valence-corrected chi connectivity index (χ4v) is 10.3. The highest BCUT2D eigenvalue weighted by Gasteiger charge is 2.86. The summed E-state index contributed by atoms with van der Waals surface area (Å²) >= 11 is 0. The van der Waals surface area contributed by atoms with Gasteiger partial charge < -0.3 is 14.9 Å². The Morgan fingerprint density at radius 3 is 2.74 bits per heavy atom. The molecule has 0 amide bonds. The number of nitrogens with zero attached hydrogens (tertiary/aromatic N) is 1. The van der Waals surface area contributed by atoms with Crippen LogP contribution in [0.1, 0.15) is 46.0 Å². The van der Waals surface area contributed by atoms with Crippen LogP contribution in [0.3, 0.4) is 0 Å². The van der Waals surface area contributed by atoms with Gasteiger partial charge in [-0.25, -0.2) is 0 Å². The maximum atomic E-state index is 11.6. The van der Waals surface area contributed by atoms with E-state index in [1.54, 1.807) is 0 Å². The van der Waals surface area contributed by atoms with Gasteiger partial charge in [-0.05, 0) is 61.5 Å². The molecule has 1 saturated heterocycles. The summed E-state index contributed by atoms with van der Waals surface area (Å²) in [7, 11) is 1.88. The van der Waals surface area contributed by atoms with Crippen LogP contribution in [-0.2, 0) is 4.74 Å². The lowest BCUT2D eigenvalue weighted by Crippen LogP contribution is -2.72. The zero-order valence-electron chi connectivity index (χ0n) is 17.0. The number of hydrogen-bond donors (Lipinski definition) is 2. The van der Waals surface area contributed by atoms with Crippen molar-refractivity contribution in [2.24, 2.45) is 39.9 Å². The summed E-state index contributed by atoms with van der Waals surface area (Å²) in [6.45, 7) is 11.3. The van der Waals surface area contributed by atoms with E-state index < -0.39 is 6.10 Å². The predicted molar refractivity (Wildman–Crippen MR) is 103 cm³/mol. The van der Waals surface area contributed by atoms with Crippen LogP contribution in [0.4, 0.5) is 0 Å². The summed E-state index contributed by atoms with van der Waals surface area (Å²) in [5.74, 6) is 1.32. The third-order valence-electron chi connectivity index (χ3n) is 10.8. The molecular weight excluding hydrogens is 338 g/mol. The number of hydrogen-bond acceptors (Lipinski definition) is 4. The molecule has 4 nitrogen and oxygen atoms in total. The largest absolute Gasteiger partial charge is 0.392 e. The first kappa shape index (κ1) is 17.4. The van der Waals surface area contributed by atoms with E-state index in [-0.39, 0.29) is 34.9 Å². The molecule has 0 aromatic carbocycles. The molecule has 6 aliphatic carbocycles. The van der Waals surface area contributed by atoms with Crippen LogP contribution in [0.15, 0.2) is 12.2 Å². The molecule has 0 aromatic heterocycles. The van der Waals surface area contributed by atoms with E-state index in [4.69, 9.17) is 4.74 Å². The Morgan fingerprint density at radius 1 is 1.26 bits per heavy atom. The second kappa shape index (κ2) is 5.00. The molecule has 1 aliphatic heterocycles. The Labute approximate surface area is 163 Å². The van der Waals surface area contributed by atoms with E-state index in [2.05, 4.69) is 25.3 Å². The maximum Gasteiger partial charge on any atom is 0.0814 e. The van der Waals surface area contributed by atoms with Crippen molar-refractivity contribution in [3.63, 3.8) is 0 Å². The zero-order chi connectivity index (χ0) is 18.9. The SMILES string of the molecule is C=C1[C@H]2CC[C@]3([C@@H]1O)[C@H]1C[C@H]4C5([C@@H](OC)CC[C@@]4(C)CN(CC)[C@H]15)[C@@H]3[C@H]2O. The molecule has 2 N–H and O–H groups in total. The topological polar surface area (TPSA) is 52.9 Å². The van der Waals surface area contributed by atoms with Crippen molar-refractivity contribution in [3.8, 4) is 0 Å². The van der Waals surface area contributed by atoms with Crippen LogP contribution in [0, 0.1) is 39.9 Å². The highest BCUT2D eigenvalue weighted by Crippen LogP contribution is 2.83. The van der Waals surface area contributed by atoms with Crippen molar-refractivity contribution in [2.75, 3.05) is 20.2 Å². The average Bonchev–Trinajstić information content (AvgIpc) is 3.08. The van der Waals surface area contributed by atoms with E-state index in [1.807, 2.05) is 7.11 Å². The lowest BCUT2D eigenvalue weighted by Gasteiger charge is -2.69. The fourth-order valence-electron chi connectivity index (χ4n) is 10.3. The van der Waals surface area contributed by atoms with Gasteiger partial charge in [0, 0.05) is 42.4 Å². The summed E-state index contributed by atoms with van der Waals surface area (Å²) in [4.78, 5) is 2.72. The van der Waals surface area contributed by atoms with Crippen molar-refractivity contribution < 1.29 is 14.9 Å². The van der Waals surface area contributed by atoms with E-state index in [1.165, 1.54) is 19.4 Å². The first-order valence-electron chi connectivity index (χ1n) is 11.2. The van der Waals surface area contributed by atoms with E-state index >= 15 is 0 Å². The molecule has 0 radical (unpaired) electrons. The molecule has 6 saturated carbocycles. The van der Waals surface area contributed by atoms with Crippen molar-refractivity contribution in [2.45, 2.75) is 70.3 Å². The number of ether oxygens (including phenoxy) is 1. The summed E-state index contributed by atoms with van der Waals surface area (Å²) in [6.07, 6.45) is 4.99. The van der Waals surface area contributed by atoms with Gasteiger partial charge in [-0.1, -0.05) is 20.4 Å². The van der Waals surface area contributed by atoms with Gasteiger partial charge >= 0.3 is 0 Å². The minimum atomic E-state index is -0.444. The Kier molecular flexibility index (Phi) is 3.23. The minimum Gasteiger partial charge on any atom is -0.392 e. The smallest absolute Gasteiger partial charge is 0.0814 e. The molecule has 11 atom stereocenters. The molecule has 150 valence electrons. The van der Waals surface area contributed by atoms with Gasteiger partial charge in [-0.2, -0.15) is 0 Å². The van der Waals surface area contributed by atoms with Crippen molar-refractivity contribution in [1.29, 1.82) is 0 Å². The second-order valence-electron chi connectivity index (χ2n) is 11.0. The third-order valence-corrected chi connectivity index (χ3v) is 10.8. The van der Waals surface area contributed by atoms with Gasteiger partial charge in [0.2, 0.25) is 0 Å². The summed E-state index contributed by atoms with van der Waals surface area (Å²) in [6, 6.07) is 0.449. The van der Waals surface area contributed by atoms with Crippen LogP contribution in [-0.4, -0.2) is 59.7 Å². The minimum absolute atomic E-state index is 0.000440. The third kappa shape index (κ3) is 1.52.